The Hall–Kier alpha value is -0.0800. The summed E-state index contributed by atoms with van der Waals surface area (Å²) in [6.07, 6.45) is 4.31. The van der Waals surface area contributed by atoms with Crippen molar-refractivity contribution < 1.29 is 4.74 Å². The third kappa shape index (κ3) is 3.65. The molecule has 78 valence electrons. The minimum atomic E-state index is 0.496. The Morgan fingerprint density at radius 2 is 2.23 bits per heavy atom. The van der Waals surface area contributed by atoms with Gasteiger partial charge in [0.2, 0.25) is 0 Å². The number of hydrogen-bond donors (Lipinski definition) is 0. The molecule has 1 fully saturated rings. The van der Waals surface area contributed by atoms with E-state index in [9.17, 15) is 0 Å². The number of rotatable bonds is 4. The summed E-state index contributed by atoms with van der Waals surface area (Å²) in [7, 11) is 0. The van der Waals surface area contributed by atoms with Crippen LogP contribution in [-0.2, 0) is 4.74 Å². The van der Waals surface area contributed by atoms with E-state index in [4.69, 9.17) is 4.74 Å². The molecule has 0 radical (unpaired) electrons. The second-order valence-electron chi connectivity index (χ2n) is 4.22. The molecular formula is C11H23NO. The van der Waals surface area contributed by atoms with Crippen molar-refractivity contribution in [3.63, 3.8) is 0 Å². The van der Waals surface area contributed by atoms with E-state index in [1.165, 1.54) is 19.3 Å². The molecule has 0 amide bonds. The molecule has 1 rings (SSSR count). The first-order valence-corrected chi connectivity index (χ1v) is 5.59. The SMILES string of the molecule is CCCCC1CN(C(C)C)CCO1. The van der Waals surface area contributed by atoms with Crippen molar-refractivity contribution in [3.8, 4) is 0 Å². The van der Waals surface area contributed by atoms with Crippen molar-refractivity contribution in [2.24, 2.45) is 0 Å². The zero-order chi connectivity index (χ0) is 9.68. The summed E-state index contributed by atoms with van der Waals surface area (Å²) in [4.78, 5) is 2.52. The average Bonchev–Trinajstić information content (AvgIpc) is 2.15. The van der Waals surface area contributed by atoms with Crippen LogP contribution < -0.4 is 0 Å². The van der Waals surface area contributed by atoms with Crippen molar-refractivity contribution in [1.29, 1.82) is 0 Å². The monoisotopic (exact) mass is 185 g/mol. The van der Waals surface area contributed by atoms with Crippen molar-refractivity contribution >= 4 is 0 Å². The van der Waals surface area contributed by atoms with Gasteiger partial charge in [0, 0.05) is 19.1 Å². The van der Waals surface area contributed by atoms with Crippen LogP contribution in [0.2, 0.25) is 0 Å². The molecule has 2 nitrogen and oxygen atoms in total. The normalized spacial score (nSPS) is 25.4. The summed E-state index contributed by atoms with van der Waals surface area (Å²) >= 11 is 0. The van der Waals surface area contributed by atoms with E-state index in [-0.39, 0.29) is 0 Å². The van der Waals surface area contributed by atoms with Crippen LogP contribution in [0, 0.1) is 0 Å². The number of nitrogens with zero attached hydrogens (tertiary/aromatic N) is 1. The molecule has 1 aliphatic rings. The maximum absolute atomic E-state index is 5.72. The van der Waals surface area contributed by atoms with Gasteiger partial charge in [0.25, 0.3) is 0 Å². The van der Waals surface area contributed by atoms with Crippen LogP contribution in [0.1, 0.15) is 40.0 Å². The quantitative estimate of drug-likeness (QED) is 0.666. The summed E-state index contributed by atoms with van der Waals surface area (Å²) in [5.74, 6) is 0. The molecule has 0 spiro atoms. The van der Waals surface area contributed by atoms with Crippen LogP contribution in [0.5, 0.6) is 0 Å². The lowest BCUT2D eigenvalue weighted by Gasteiger charge is -2.35. The molecule has 1 atom stereocenters. The van der Waals surface area contributed by atoms with Gasteiger partial charge in [-0.2, -0.15) is 0 Å². The number of morpholine rings is 1. The molecule has 1 heterocycles. The highest BCUT2D eigenvalue weighted by molar-refractivity contribution is 4.73. The molecule has 0 aliphatic carbocycles. The largest absolute Gasteiger partial charge is 0.376 e. The molecule has 0 N–H and O–H groups in total. The summed E-state index contributed by atoms with van der Waals surface area (Å²) in [6, 6.07) is 0.674. The minimum absolute atomic E-state index is 0.496. The lowest BCUT2D eigenvalue weighted by molar-refractivity contribution is -0.0425. The Balaban J connectivity index is 2.25. The predicted octanol–water partition coefficient (Wildman–Crippen LogP) is 2.29. The van der Waals surface area contributed by atoms with E-state index in [2.05, 4.69) is 25.7 Å². The van der Waals surface area contributed by atoms with Gasteiger partial charge in [0.05, 0.1) is 12.7 Å². The zero-order valence-electron chi connectivity index (χ0n) is 9.25. The van der Waals surface area contributed by atoms with Gasteiger partial charge in [0.1, 0.15) is 0 Å². The van der Waals surface area contributed by atoms with Crippen LogP contribution >= 0.6 is 0 Å². The van der Waals surface area contributed by atoms with Crippen molar-refractivity contribution in [3.05, 3.63) is 0 Å². The van der Waals surface area contributed by atoms with Crippen molar-refractivity contribution in [2.75, 3.05) is 19.7 Å². The lowest BCUT2D eigenvalue weighted by Crippen LogP contribution is -2.45. The number of ether oxygens (including phenoxy) is 1. The third-order valence-corrected chi connectivity index (χ3v) is 2.78. The fourth-order valence-corrected chi connectivity index (χ4v) is 1.82. The highest BCUT2D eigenvalue weighted by Crippen LogP contribution is 2.13. The van der Waals surface area contributed by atoms with Gasteiger partial charge in [-0.05, 0) is 20.3 Å². The molecule has 2 heteroatoms. The molecular weight excluding hydrogens is 162 g/mol. The fraction of sp³-hybridized carbons (Fsp3) is 1.00. The van der Waals surface area contributed by atoms with E-state index in [0.29, 0.717) is 12.1 Å². The van der Waals surface area contributed by atoms with E-state index >= 15 is 0 Å². The molecule has 1 unspecified atom stereocenters. The molecule has 0 aromatic heterocycles. The first kappa shape index (κ1) is 11.0. The second-order valence-corrected chi connectivity index (χ2v) is 4.22. The van der Waals surface area contributed by atoms with Crippen LogP contribution in [0.3, 0.4) is 0 Å². The minimum Gasteiger partial charge on any atom is -0.376 e. The topological polar surface area (TPSA) is 12.5 Å². The third-order valence-electron chi connectivity index (χ3n) is 2.78. The summed E-state index contributed by atoms with van der Waals surface area (Å²) in [5, 5.41) is 0. The van der Waals surface area contributed by atoms with E-state index in [1.807, 2.05) is 0 Å². The Bertz CT molecular complexity index is 136. The average molecular weight is 185 g/mol. The van der Waals surface area contributed by atoms with Gasteiger partial charge in [-0.1, -0.05) is 19.8 Å². The molecule has 13 heavy (non-hydrogen) atoms. The lowest BCUT2D eigenvalue weighted by atomic mass is 10.1. The van der Waals surface area contributed by atoms with Crippen molar-refractivity contribution in [2.45, 2.75) is 52.2 Å². The van der Waals surface area contributed by atoms with Gasteiger partial charge in [-0.15, -0.1) is 0 Å². The van der Waals surface area contributed by atoms with Gasteiger partial charge in [0.15, 0.2) is 0 Å². The molecule has 1 saturated heterocycles. The smallest absolute Gasteiger partial charge is 0.0702 e. The van der Waals surface area contributed by atoms with Gasteiger partial charge >= 0.3 is 0 Å². The van der Waals surface area contributed by atoms with E-state index < -0.39 is 0 Å². The Morgan fingerprint density at radius 1 is 1.46 bits per heavy atom. The Labute approximate surface area is 82.3 Å². The van der Waals surface area contributed by atoms with Crippen molar-refractivity contribution in [1.82, 2.24) is 4.90 Å². The van der Waals surface area contributed by atoms with Gasteiger partial charge in [-0.25, -0.2) is 0 Å². The number of unbranched alkanes of at least 4 members (excludes halogenated alkanes) is 1. The highest BCUT2D eigenvalue weighted by atomic mass is 16.5. The number of hydrogen-bond acceptors (Lipinski definition) is 2. The van der Waals surface area contributed by atoms with Crippen LogP contribution in [-0.4, -0.2) is 36.7 Å². The second kappa shape index (κ2) is 5.61. The van der Waals surface area contributed by atoms with Crippen LogP contribution in [0.25, 0.3) is 0 Å². The molecule has 1 aliphatic heterocycles. The standard InChI is InChI=1S/C11H23NO/c1-4-5-6-11-9-12(10(2)3)7-8-13-11/h10-11H,4-9H2,1-3H3. The Kier molecular flexibility index (Phi) is 4.74. The van der Waals surface area contributed by atoms with Crippen LogP contribution in [0.4, 0.5) is 0 Å². The molecule has 0 aromatic rings. The van der Waals surface area contributed by atoms with Gasteiger partial charge < -0.3 is 4.74 Å². The molecule has 0 aromatic carbocycles. The van der Waals surface area contributed by atoms with E-state index in [1.54, 1.807) is 0 Å². The maximum atomic E-state index is 5.72. The van der Waals surface area contributed by atoms with Gasteiger partial charge in [-0.3, -0.25) is 4.90 Å². The highest BCUT2D eigenvalue weighted by Gasteiger charge is 2.21. The fourth-order valence-electron chi connectivity index (χ4n) is 1.82. The summed E-state index contributed by atoms with van der Waals surface area (Å²) < 4.78 is 5.72. The van der Waals surface area contributed by atoms with E-state index in [0.717, 1.165) is 19.7 Å². The summed E-state index contributed by atoms with van der Waals surface area (Å²) in [6.45, 7) is 9.94. The maximum Gasteiger partial charge on any atom is 0.0702 e. The Morgan fingerprint density at radius 3 is 2.85 bits per heavy atom. The summed E-state index contributed by atoms with van der Waals surface area (Å²) in [5.41, 5.74) is 0. The first-order valence-electron chi connectivity index (χ1n) is 5.59. The zero-order valence-corrected chi connectivity index (χ0v) is 9.25. The molecule has 0 saturated carbocycles. The molecule has 0 bridgehead atoms. The predicted molar refractivity (Wildman–Crippen MR) is 56.0 cm³/mol. The van der Waals surface area contributed by atoms with Crippen LogP contribution in [0.15, 0.2) is 0 Å². The first-order chi connectivity index (χ1) is 6.24.